The maximum Gasteiger partial charge on any atom is 0.245 e. The molecule has 9 heteroatoms. The van der Waals surface area contributed by atoms with Crippen molar-refractivity contribution in [2.75, 3.05) is 19.7 Å². The molecule has 2 aromatic rings. The van der Waals surface area contributed by atoms with Gasteiger partial charge >= 0.3 is 0 Å². The van der Waals surface area contributed by atoms with Gasteiger partial charge in [-0.15, -0.1) is 0 Å². The molecule has 1 aliphatic rings. The number of amides is 1. The van der Waals surface area contributed by atoms with E-state index in [4.69, 9.17) is 4.74 Å². The number of rotatable bonds is 7. The summed E-state index contributed by atoms with van der Waals surface area (Å²) in [5, 5.41) is 2.82. The Morgan fingerprint density at radius 2 is 1.70 bits per heavy atom. The van der Waals surface area contributed by atoms with Gasteiger partial charge < -0.3 is 10.1 Å². The van der Waals surface area contributed by atoms with Crippen molar-refractivity contribution in [3.05, 3.63) is 60.2 Å². The summed E-state index contributed by atoms with van der Waals surface area (Å²) in [5.41, 5.74) is 0. The second kappa shape index (κ2) is 9.53. The van der Waals surface area contributed by atoms with Crippen molar-refractivity contribution in [3.63, 3.8) is 0 Å². The summed E-state index contributed by atoms with van der Waals surface area (Å²) < 4.78 is 59.4. The highest BCUT2D eigenvalue weighted by Gasteiger charge is 2.33. The molecular formula is C21H24F2N2O4S. The zero-order valence-electron chi connectivity index (χ0n) is 16.6. The maximum atomic E-state index is 13.9. The summed E-state index contributed by atoms with van der Waals surface area (Å²) in [4.78, 5) is 12.1. The number of hydrogen-bond donors (Lipinski definition) is 1. The highest BCUT2D eigenvalue weighted by molar-refractivity contribution is 7.89. The number of carbonyl (C=O) groups excluding carboxylic acids is 1. The molecule has 0 saturated carbocycles. The van der Waals surface area contributed by atoms with Gasteiger partial charge in [-0.2, -0.15) is 4.31 Å². The molecule has 0 aromatic heterocycles. The monoisotopic (exact) mass is 438 g/mol. The molecule has 162 valence electrons. The summed E-state index contributed by atoms with van der Waals surface area (Å²) in [5.74, 6) is -1.71. The zero-order chi connectivity index (χ0) is 21.7. The van der Waals surface area contributed by atoms with Crippen molar-refractivity contribution in [1.29, 1.82) is 0 Å². The number of benzene rings is 2. The molecule has 0 radical (unpaired) electrons. The Kier molecular flexibility index (Phi) is 7.04. The first-order valence-electron chi connectivity index (χ1n) is 9.71. The van der Waals surface area contributed by atoms with Gasteiger partial charge in [0.2, 0.25) is 15.9 Å². The topological polar surface area (TPSA) is 75.7 Å². The van der Waals surface area contributed by atoms with E-state index in [1.807, 2.05) is 0 Å². The molecule has 1 unspecified atom stereocenters. The third-order valence-corrected chi connectivity index (χ3v) is 6.93. The van der Waals surface area contributed by atoms with Gasteiger partial charge in [-0.05, 0) is 44.0 Å². The van der Waals surface area contributed by atoms with Crippen molar-refractivity contribution >= 4 is 15.9 Å². The SMILES string of the molecule is CC(COc1ccccc1F)NC(=O)C1CCN(S(=O)(=O)c2ccccc2F)CC1. The summed E-state index contributed by atoms with van der Waals surface area (Å²) in [7, 11) is -3.94. The molecule has 0 spiro atoms. The van der Waals surface area contributed by atoms with Gasteiger partial charge in [0, 0.05) is 19.0 Å². The number of sulfonamides is 1. The predicted molar refractivity (Wildman–Crippen MR) is 107 cm³/mol. The van der Waals surface area contributed by atoms with E-state index in [1.54, 1.807) is 19.1 Å². The lowest BCUT2D eigenvalue weighted by atomic mass is 9.97. The number of para-hydroxylation sites is 1. The fourth-order valence-electron chi connectivity index (χ4n) is 3.33. The van der Waals surface area contributed by atoms with Crippen LogP contribution in [0.25, 0.3) is 0 Å². The Morgan fingerprint density at radius 1 is 1.10 bits per heavy atom. The highest BCUT2D eigenvalue weighted by atomic mass is 32.2. The molecule has 3 rings (SSSR count). The fourth-order valence-corrected chi connectivity index (χ4v) is 4.87. The van der Waals surface area contributed by atoms with Crippen LogP contribution < -0.4 is 10.1 Å². The quantitative estimate of drug-likeness (QED) is 0.721. The van der Waals surface area contributed by atoms with Gasteiger partial charge in [0.25, 0.3) is 0 Å². The molecule has 1 atom stereocenters. The van der Waals surface area contributed by atoms with E-state index in [1.165, 1.54) is 34.6 Å². The highest BCUT2D eigenvalue weighted by Crippen LogP contribution is 2.25. The number of halogens is 2. The van der Waals surface area contributed by atoms with Crippen molar-refractivity contribution in [2.45, 2.75) is 30.7 Å². The van der Waals surface area contributed by atoms with Crippen molar-refractivity contribution in [1.82, 2.24) is 9.62 Å². The summed E-state index contributed by atoms with van der Waals surface area (Å²) in [6, 6.07) is 10.9. The van der Waals surface area contributed by atoms with Gasteiger partial charge in [0.05, 0.1) is 6.04 Å². The number of carbonyl (C=O) groups is 1. The second-order valence-corrected chi connectivity index (χ2v) is 9.17. The standard InChI is InChI=1S/C21H24F2N2O4S/c1-15(14-29-19-8-4-2-6-17(19)22)24-21(26)16-10-12-25(13-11-16)30(27,28)20-9-5-3-7-18(20)23/h2-9,15-16H,10-14H2,1H3,(H,24,26). The third-order valence-electron chi connectivity index (χ3n) is 4.99. The van der Waals surface area contributed by atoms with Crippen molar-refractivity contribution in [3.8, 4) is 5.75 Å². The van der Waals surface area contributed by atoms with Crippen LogP contribution in [0, 0.1) is 17.6 Å². The molecule has 0 aliphatic carbocycles. The molecule has 1 fully saturated rings. The van der Waals surface area contributed by atoms with Crippen molar-refractivity contribution in [2.24, 2.45) is 5.92 Å². The molecule has 1 aliphatic heterocycles. The molecule has 2 aromatic carbocycles. The molecule has 1 heterocycles. The van der Waals surface area contributed by atoms with Crippen LogP contribution in [-0.2, 0) is 14.8 Å². The van der Waals surface area contributed by atoms with Gasteiger partial charge in [0.15, 0.2) is 11.6 Å². The fraction of sp³-hybridized carbons (Fsp3) is 0.381. The average molecular weight is 438 g/mol. The molecule has 1 saturated heterocycles. The average Bonchev–Trinajstić information content (AvgIpc) is 2.73. The lowest BCUT2D eigenvalue weighted by molar-refractivity contribution is -0.126. The Balaban J connectivity index is 1.50. The molecule has 6 nitrogen and oxygen atoms in total. The molecule has 1 amide bonds. The van der Waals surface area contributed by atoms with Crippen LogP contribution in [0.1, 0.15) is 19.8 Å². The van der Waals surface area contributed by atoms with E-state index in [0.717, 1.165) is 6.07 Å². The minimum absolute atomic E-state index is 0.104. The second-order valence-electron chi connectivity index (χ2n) is 7.26. The van der Waals surface area contributed by atoms with E-state index >= 15 is 0 Å². The van der Waals surface area contributed by atoms with Crippen LogP contribution >= 0.6 is 0 Å². The van der Waals surface area contributed by atoms with E-state index in [9.17, 15) is 22.0 Å². The van der Waals surface area contributed by atoms with Gasteiger partial charge in [-0.3, -0.25) is 4.79 Å². The molecule has 1 N–H and O–H groups in total. The van der Waals surface area contributed by atoms with Gasteiger partial charge in [-0.25, -0.2) is 17.2 Å². The van der Waals surface area contributed by atoms with Crippen LogP contribution in [0.5, 0.6) is 5.75 Å². The van der Waals surface area contributed by atoms with E-state index in [2.05, 4.69) is 5.32 Å². The minimum Gasteiger partial charge on any atom is -0.488 e. The first-order valence-corrected chi connectivity index (χ1v) is 11.2. The van der Waals surface area contributed by atoms with Crippen LogP contribution in [0.2, 0.25) is 0 Å². The Hall–Kier alpha value is -2.52. The van der Waals surface area contributed by atoms with Crippen LogP contribution in [0.3, 0.4) is 0 Å². The Bertz CT molecular complexity index is 992. The number of hydrogen-bond acceptors (Lipinski definition) is 4. The number of ether oxygens (including phenoxy) is 1. The van der Waals surface area contributed by atoms with E-state index < -0.39 is 21.7 Å². The summed E-state index contributed by atoms with van der Waals surface area (Å²) in [6.45, 7) is 2.12. The summed E-state index contributed by atoms with van der Waals surface area (Å²) >= 11 is 0. The zero-order valence-corrected chi connectivity index (χ0v) is 17.4. The third kappa shape index (κ3) is 5.14. The van der Waals surface area contributed by atoms with Crippen LogP contribution in [0.15, 0.2) is 53.4 Å². The lowest BCUT2D eigenvalue weighted by Crippen LogP contribution is -2.46. The normalized spacial score (nSPS) is 16.8. The largest absolute Gasteiger partial charge is 0.488 e. The Labute approximate surface area is 174 Å². The van der Waals surface area contributed by atoms with E-state index in [-0.39, 0.29) is 48.2 Å². The molecule has 0 bridgehead atoms. The molecular weight excluding hydrogens is 414 g/mol. The predicted octanol–water partition coefficient (Wildman–Crippen LogP) is 2.95. The lowest BCUT2D eigenvalue weighted by Gasteiger charge is -2.31. The van der Waals surface area contributed by atoms with E-state index in [0.29, 0.717) is 12.8 Å². The van der Waals surface area contributed by atoms with Crippen LogP contribution in [-0.4, -0.2) is 44.4 Å². The summed E-state index contributed by atoms with van der Waals surface area (Å²) in [6.07, 6.45) is 0.667. The van der Waals surface area contributed by atoms with Crippen molar-refractivity contribution < 1.29 is 26.7 Å². The smallest absolute Gasteiger partial charge is 0.245 e. The first kappa shape index (κ1) is 22.2. The molecule has 30 heavy (non-hydrogen) atoms. The number of piperidine rings is 1. The first-order chi connectivity index (χ1) is 14.3. The van der Waals surface area contributed by atoms with Crippen LogP contribution in [0.4, 0.5) is 8.78 Å². The van der Waals surface area contributed by atoms with Gasteiger partial charge in [0.1, 0.15) is 17.3 Å². The Morgan fingerprint density at radius 3 is 2.33 bits per heavy atom. The maximum absolute atomic E-state index is 13.9. The van der Waals surface area contributed by atoms with Gasteiger partial charge in [-0.1, -0.05) is 24.3 Å². The minimum atomic E-state index is -3.94. The number of nitrogens with zero attached hydrogens (tertiary/aromatic N) is 1. The number of nitrogens with one attached hydrogen (secondary N) is 1.